The van der Waals surface area contributed by atoms with E-state index in [1.54, 1.807) is 0 Å². The Morgan fingerprint density at radius 2 is 2.30 bits per heavy atom. The molecule has 0 spiro atoms. The van der Waals surface area contributed by atoms with Gasteiger partial charge in [-0.25, -0.2) is 0 Å². The van der Waals surface area contributed by atoms with Crippen molar-refractivity contribution in [2.24, 2.45) is 11.8 Å². The summed E-state index contributed by atoms with van der Waals surface area (Å²) in [6.45, 7) is 6.81. The highest BCUT2D eigenvalue weighted by Crippen LogP contribution is 2.18. The molecule has 1 heteroatoms. The Morgan fingerprint density at radius 1 is 1.50 bits per heavy atom. The molecular formula is C9H17N. The fourth-order valence-corrected chi connectivity index (χ4v) is 1.52. The topological polar surface area (TPSA) is 12.0 Å². The van der Waals surface area contributed by atoms with E-state index >= 15 is 0 Å². The average molecular weight is 139 g/mol. The van der Waals surface area contributed by atoms with Crippen molar-refractivity contribution in [3.63, 3.8) is 0 Å². The van der Waals surface area contributed by atoms with E-state index in [9.17, 15) is 0 Å². The molecule has 0 radical (unpaired) electrons. The van der Waals surface area contributed by atoms with E-state index in [1.807, 2.05) is 0 Å². The van der Waals surface area contributed by atoms with Gasteiger partial charge in [0.15, 0.2) is 0 Å². The zero-order valence-electron chi connectivity index (χ0n) is 6.93. The van der Waals surface area contributed by atoms with Crippen LogP contribution in [0, 0.1) is 11.8 Å². The second-order valence-electron chi connectivity index (χ2n) is 3.16. The third-order valence-corrected chi connectivity index (χ3v) is 2.33. The maximum absolute atomic E-state index is 3.40. The van der Waals surface area contributed by atoms with E-state index < -0.39 is 0 Å². The minimum absolute atomic E-state index is 0.777. The molecule has 2 unspecified atom stereocenters. The summed E-state index contributed by atoms with van der Waals surface area (Å²) in [5.41, 5.74) is 0. The van der Waals surface area contributed by atoms with Gasteiger partial charge in [0.25, 0.3) is 0 Å². The second-order valence-corrected chi connectivity index (χ2v) is 3.16. The molecule has 1 rings (SSSR count). The van der Waals surface area contributed by atoms with E-state index in [0.29, 0.717) is 0 Å². The lowest BCUT2D eigenvalue weighted by Gasteiger charge is -2.26. The zero-order chi connectivity index (χ0) is 7.40. The number of hydrogen-bond acceptors (Lipinski definition) is 1. The molecule has 0 aliphatic carbocycles. The van der Waals surface area contributed by atoms with Crippen LogP contribution in [0.1, 0.15) is 20.3 Å². The van der Waals surface area contributed by atoms with Gasteiger partial charge in [-0.3, -0.25) is 0 Å². The summed E-state index contributed by atoms with van der Waals surface area (Å²) in [6, 6.07) is 0. The van der Waals surface area contributed by atoms with Crippen LogP contribution in [0.2, 0.25) is 0 Å². The maximum atomic E-state index is 3.40. The van der Waals surface area contributed by atoms with Crippen LogP contribution in [-0.4, -0.2) is 13.1 Å². The molecule has 0 aromatic carbocycles. The lowest BCUT2D eigenvalue weighted by atomic mass is 9.88. The van der Waals surface area contributed by atoms with E-state index in [4.69, 9.17) is 0 Å². The Morgan fingerprint density at radius 3 is 2.90 bits per heavy atom. The number of rotatable bonds is 1. The van der Waals surface area contributed by atoms with E-state index in [0.717, 1.165) is 11.8 Å². The molecule has 1 aliphatic rings. The van der Waals surface area contributed by atoms with Gasteiger partial charge in [-0.1, -0.05) is 19.1 Å². The predicted octanol–water partition coefficient (Wildman–Crippen LogP) is 1.81. The minimum atomic E-state index is 0.777. The molecule has 0 aromatic rings. The van der Waals surface area contributed by atoms with Crippen molar-refractivity contribution in [2.75, 3.05) is 13.1 Å². The summed E-state index contributed by atoms with van der Waals surface area (Å²) in [7, 11) is 0. The number of hydrogen-bond donors (Lipinski definition) is 1. The largest absolute Gasteiger partial charge is 0.316 e. The molecule has 10 heavy (non-hydrogen) atoms. The first kappa shape index (κ1) is 7.80. The lowest BCUT2D eigenvalue weighted by Crippen LogP contribution is -2.34. The molecule has 0 aromatic heterocycles. The van der Waals surface area contributed by atoms with Crippen LogP contribution in [0.4, 0.5) is 0 Å². The van der Waals surface area contributed by atoms with Crippen LogP contribution in [0.5, 0.6) is 0 Å². The smallest absolute Gasteiger partial charge is 0.00167 e. The third-order valence-electron chi connectivity index (χ3n) is 2.33. The third kappa shape index (κ3) is 1.84. The number of piperidine rings is 1. The van der Waals surface area contributed by atoms with Gasteiger partial charge in [0.1, 0.15) is 0 Å². The van der Waals surface area contributed by atoms with Crippen LogP contribution in [0.25, 0.3) is 0 Å². The molecule has 1 N–H and O–H groups in total. The van der Waals surface area contributed by atoms with Gasteiger partial charge in [0.2, 0.25) is 0 Å². The van der Waals surface area contributed by atoms with Crippen molar-refractivity contribution >= 4 is 0 Å². The Kier molecular flexibility index (Phi) is 2.94. The van der Waals surface area contributed by atoms with E-state index in [1.165, 1.54) is 19.5 Å². The second kappa shape index (κ2) is 3.77. The summed E-state index contributed by atoms with van der Waals surface area (Å²) < 4.78 is 0. The standard InChI is InChI=1S/C9H17N/c1-3-4-9-7-10-6-5-8(9)2/h3-4,8-10H,5-7H2,1-2H3/b4-3+. The summed E-state index contributed by atoms with van der Waals surface area (Å²) >= 11 is 0. The molecule has 58 valence electrons. The van der Waals surface area contributed by atoms with Gasteiger partial charge in [0.05, 0.1) is 0 Å². The number of nitrogens with one attached hydrogen (secondary N) is 1. The van der Waals surface area contributed by atoms with Gasteiger partial charge in [0, 0.05) is 6.54 Å². The highest BCUT2D eigenvalue weighted by Gasteiger charge is 2.17. The van der Waals surface area contributed by atoms with Crippen molar-refractivity contribution in [1.82, 2.24) is 5.32 Å². The summed E-state index contributed by atoms with van der Waals surface area (Å²) in [4.78, 5) is 0. The number of allylic oxidation sites excluding steroid dienone is 1. The minimum Gasteiger partial charge on any atom is -0.316 e. The first-order chi connectivity index (χ1) is 4.84. The molecular weight excluding hydrogens is 122 g/mol. The van der Waals surface area contributed by atoms with Crippen molar-refractivity contribution in [3.8, 4) is 0 Å². The molecule has 0 amide bonds. The van der Waals surface area contributed by atoms with Crippen LogP contribution < -0.4 is 5.32 Å². The lowest BCUT2D eigenvalue weighted by molar-refractivity contribution is 0.324. The van der Waals surface area contributed by atoms with Gasteiger partial charge >= 0.3 is 0 Å². The summed E-state index contributed by atoms with van der Waals surface area (Å²) in [6.07, 6.45) is 5.81. The monoisotopic (exact) mass is 139 g/mol. The molecule has 1 nitrogen and oxygen atoms in total. The molecule has 1 aliphatic heterocycles. The van der Waals surface area contributed by atoms with E-state index in [-0.39, 0.29) is 0 Å². The zero-order valence-corrected chi connectivity index (χ0v) is 6.93. The molecule has 1 saturated heterocycles. The van der Waals surface area contributed by atoms with Gasteiger partial charge in [-0.2, -0.15) is 0 Å². The van der Waals surface area contributed by atoms with Crippen molar-refractivity contribution < 1.29 is 0 Å². The highest BCUT2D eigenvalue weighted by atomic mass is 14.9. The van der Waals surface area contributed by atoms with Gasteiger partial charge < -0.3 is 5.32 Å². The Labute approximate surface area is 63.5 Å². The quantitative estimate of drug-likeness (QED) is 0.546. The fraction of sp³-hybridized carbons (Fsp3) is 0.778. The molecule has 0 saturated carbocycles. The molecule has 0 bridgehead atoms. The predicted molar refractivity (Wildman–Crippen MR) is 45.0 cm³/mol. The first-order valence-corrected chi connectivity index (χ1v) is 4.18. The summed E-state index contributed by atoms with van der Waals surface area (Å²) in [5.74, 6) is 1.65. The average Bonchev–Trinajstić information content (AvgIpc) is 1.94. The van der Waals surface area contributed by atoms with Crippen LogP contribution in [0.3, 0.4) is 0 Å². The van der Waals surface area contributed by atoms with E-state index in [2.05, 4.69) is 31.3 Å². The molecule has 1 fully saturated rings. The normalized spacial score (nSPS) is 35.0. The Balaban J connectivity index is 2.39. The SMILES string of the molecule is C/C=C/C1CNCCC1C. The highest BCUT2D eigenvalue weighted by molar-refractivity contribution is 4.91. The van der Waals surface area contributed by atoms with Crippen molar-refractivity contribution in [1.29, 1.82) is 0 Å². The van der Waals surface area contributed by atoms with Crippen molar-refractivity contribution in [3.05, 3.63) is 12.2 Å². The van der Waals surface area contributed by atoms with Gasteiger partial charge in [-0.15, -0.1) is 0 Å². The maximum Gasteiger partial charge on any atom is 0.00167 e. The molecule has 1 heterocycles. The Bertz CT molecular complexity index is 118. The fourth-order valence-electron chi connectivity index (χ4n) is 1.52. The summed E-state index contributed by atoms with van der Waals surface area (Å²) in [5, 5.41) is 3.40. The first-order valence-electron chi connectivity index (χ1n) is 4.18. The van der Waals surface area contributed by atoms with Crippen LogP contribution in [0.15, 0.2) is 12.2 Å². The Hall–Kier alpha value is -0.300. The van der Waals surface area contributed by atoms with Gasteiger partial charge in [-0.05, 0) is 31.7 Å². The van der Waals surface area contributed by atoms with Crippen molar-refractivity contribution in [2.45, 2.75) is 20.3 Å². The van der Waals surface area contributed by atoms with Crippen LogP contribution in [-0.2, 0) is 0 Å². The van der Waals surface area contributed by atoms with Crippen LogP contribution >= 0.6 is 0 Å². The molecule has 2 atom stereocenters.